The van der Waals surface area contributed by atoms with Crippen molar-refractivity contribution < 1.29 is 4.52 Å². The van der Waals surface area contributed by atoms with Gasteiger partial charge in [-0.15, -0.1) is 0 Å². The third-order valence-electron chi connectivity index (χ3n) is 2.62. The molecule has 0 N–H and O–H groups in total. The van der Waals surface area contributed by atoms with E-state index in [2.05, 4.69) is 38.9 Å². The molecule has 0 fully saturated rings. The molecule has 0 saturated carbocycles. The maximum Gasteiger partial charge on any atom is 0.137 e. The van der Waals surface area contributed by atoms with Crippen LogP contribution in [0.3, 0.4) is 0 Å². The molecule has 0 bridgehead atoms. The molecular weight excluding hydrogens is 186 g/mol. The van der Waals surface area contributed by atoms with E-state index in [9.17, 15) is 0 Å². The summed E-state index contributed by atoms with van der Waals surface area (Å²) in [7, 11) is 0. The van der Waals surface area contributed by atoms with Crippen molar-refractivity contribution in [3.05, 3.63) is 17.5 Å². The van der Waals surface area contributed by atoms with Gasteiger partial charge in [0.15, 0.2) is 0 Å². The van der Waals surface area contributed by atoms with Gasteiger partial charge in [-0.05, 0) is 18.3 Å². The first-order chi connectivity index (χ1) is 7.09. The zero-order valence-electron chi connectivity index (χ0n) is 10.4. The molecule has 86 valence electrons. The average molecular weight is 209 g/mol. The molecule has 2 heteroatoms. The van der Waals surface area contributed by atoms with Crippen LogP contribution in [0.1, 0.15) is 64.3 Å². The van der Waals surface area contributed by atoms with Crippen LogP contribution in [0.15, 0.2) is 10.6 Å². The molecule has 1 aromatic heterocycles. The minimum Gasteiger partial charge on any atom is -0.361 e. The van der Waals surface area contributed by atoms with Crippen LogP contribution >= 0.6 is 0 Å². The zero-order chi connectivity index (χ0) is 11.3. The van der Waals surface area contributed by atoms with Gasteiger partial charge in [0.05, 0.1) is 5.69 Å². The van der Waals surface area contributed by atoms with Crippen LogP contribution < -0.4 is 0 Å². The number of aromatic nitrogens is 1. The highest BCUT2D eigenvalue weighted by Crippen LogP contribution is 2.16. The first kappa shape index (κ1) is 12.3. The highest BCUT2D eigenvalue weighted by Gasteiger charge is 2.07. The summed E-state index contributed by atoms with van der Waals surface area (Å²) < 4.78 is 5.28. The van der Waals surface area contributed by atoms with Crippen molar-refractivity contribution in [2.75, 3.05) is 0 Å². The van der Waals surface area contributed by atoms with E-state index in [1.165, 1.54) is 19.3 Å². The number of hydrogen-bond acceptors (Lipinski definition) is 2. The van der Waals surface area contributed by atoms with Crippen LogP contribution in [0.25, 0.3) is 0 Å². The topological polar surface area (TPSA) is 26.0 Å². The maximum atomic E-state index is 5.28. The van der Waals surface area contributed by atoms with Crippen molar-refractivity contribution in [1.82, 2.24) is 5.16 Å². The summed E-state index contributed by atoms with van der Waals surface area (Å²) in [5, 5.41) is 4.05. The predicted molar refractivity (Wildman–Crippen MR) is 63.0 cm³/mol. The number of unbranched alkanes of at least 4 members (excludes halogenated alkanes) is 1. The Bertz CT molecular complexity index is 276. The molecule has 0 aromatic carbocycles. The van der Waals surface area contributed by atoms with Crippen molar-refractivity contribution in [2.45, 2.75) is 59.3 Å². The SMILES string of the molecule is CC(C)CCCCc1cc(C(C)C)no1. The summed E-state index contributed by atoms with van der Waals surface area (Å²) in [6, 6.07) is 2.10. The third-order valence-corrected chi connectivity index (χ3v) is 2.62. The molecule has 0 unspecified atom stereocenters. The van der Waals surface area contributed by atoms with Gasteiger partial charge in [0, 0.05) is 12.5 Å². The summed E-state index contributed by atoms with van der Waals surface area (Å²) in [5.41, 5.74) is 1.08. The molecule has 0 aliphatic carbocycles. The van der Waals surface area contributed by atoms with Crippen LogP contribution in [0.2, 0.25) is 0 Å². The smallest absolute Gasteiger partial charge is 0.137 e. The molecule has 0 atom stereocenters. The fourth-order valence-electron chi connectivity index (χ4n) is 1.57. The van der Waals surface area contributed by atoms with Gasteiger partial charge < -0.3 is 4.52 Å². The van der Waals surface area contributed by atoms with E-state index in [0.29, 0.717) is 5.92 Å². The van der Waals surface area contributed by atoms with Gasteiger partial charge in [0.1, 0.15) is 5.76 Å². The molecule has 0 amide bonds. The van der Waals surface area contributed by atoms with E-state index in [1.807, 2.05) is 0 Å². The Kier molecular flexibility index (Phi) is 4.86. The molecule has 1 aromatic rings. The van der Waals surface area contributed by atoms with E-state index >= 15 is 0 Å². The van der Waals surface area contributed by atoms with Gasteiger partial charge in [-0.25, -0.2) is 0 Å². The van der Waals surface area contributed by atoms with Crippen molar-refractivity contribution in [1.29, 1.82) is 0 Å². The van der Waals surface area contributed by atoms with Crippen molar-refractivity contribution in [3.63, 3.8) is 0 Å². The van der Waals surface area contributed by atoms with Crippen molar-refractivity contribution >= 4 is 0 Å². The molecule has 0 aliphatic rings. The fraction of sp³-hybridized carbons (Fsp3) is 0.769. The van der Waals surface area contributed by atoms with Gasteiger partial charge in [-0.2, -0.15) is 0 Å². The monoisotopic (exact) mass is 209 g/mol. The molecular formula is C13H23NO. The van der Waals surface area contributed by atoms with Crippen LogP contribution in [-0.2, 0) is 6.42 Å². The van der Waals surface area contributed by atoms with E-state index in [1.54, 1.807) is 0 Å². The Morgan fingerprint density at radius 3 is 2.47 bits per heavy atom. The zero-order valence-corrected chi connectivity index (χ0v) is 10.4. The summed E-state index contributed by atoms with van der Waals surface area (Å²) in [6.45, 7) is 8.82. The lowest BCUT2D eigenvalue weighted by molar-refractivity contribution is 0.369. The highest BCUT2D eigenvalue weighted by molar-refractivity contribution is 5.08. The van der Waals surface area contributed by atoms with Crippen LogP contribution in [0.5, 0.6) is 0 Å². The van der Waals surface area contributed by atoms with Gasteiger partial charge in [-0.3, -0.25) is 0 Å². The van der Waals surface area contributed by atoms with Gasteiger partial charge in [0.2, 0.25) is 0 Å². The standard InChI is InChI=1S/C13H23NO/c1-10(2)7-5-6-8-12-9-13(11(3)4)14-15-12/h9-11H,5-8H2,1-4H3. The number of nitrogens with zero attached hydrogens (tertiary/aromatic N) is 1. The lowest BCUT2D eigenvalue weighted by atomic mass is 10.0. The Labute approximate surface area is 93.0 Å². The van der Waals surface area contributed by atoms with E-state index < -0.39 is 0 Å². The quantitative estimate of drug-likeness (QED) is 0.657. The first-order valence-corrected chi connectivity index (χ1v) is 6.05. The second kappa shape index (κ2) is 5.94. The summed E-state index contributed by atoms with van der Waals surface area (Å²) in [4.78, 5) is 0. The molecule has 0 saturated heterocycles. The van der Waals surface area contributed by atoms with E-state index in [0.717, 1.165) is 23.8 Å². The Hall–Kier alpha value is -0.790. The fourth-order valence-corrected chi connectivity index (χ4v) is 1.57. The van der Waals surface area contributed by atoms with E-state index in [-0.39, 0.29) is 0 Å². The molecule has 0 radical (unpaired) electrons. The first-order valence-electron chi connectivity index (χ1n) is 6.05. The van der Waals surface area contributed by atoms with Crippen molar-refractivity contribution in [2.24, 2.45) is 5.92 Å². The molecule has 15 heavy (non-hydrogen) atoms. The minimum atomic E-state index is 0.471. The Morgan fingerprint density at radius 2 is 1.93 bits per heavy atom. The van der Waals surface area contributed by atoms with E-state index in [4.69, 9.17) is 4.52 Å². The molecule has 2 nitrogen and oxygen atoms in total. The molecule has 0 spiro atoms. The Balaban J connectivity index is 2.26. The largest absolute Gasteiger partial charge is 0.361 e. The number of hydrogen-bond donors (Lipinski definition) is 0. The van der Waals surface area contributed by atoms with Crippen LogP contribution in [-0.4, -0.2) is 5.16 Å². The maximum absolute atomic E-state index is 5.28. The van der Waals surface area contributed by atoms with Gasteiger partial charge in [-0.1, -0.05) is 45.7 Å². The number of rotatable bonds is 6. The lowest BCUT2D eigenvalue weighted by Gasteiger charge is -2.01. The van der Waals surface area contributed by atoms with Crippen molar-refractivity contribution in [3.8, 4) is 0 Å². The second-order valence-corrected chi connectivity index (χ2v) is 5.01. The molecule has 1 heterocycles. The summed E-state index contributed by atoms with van der Waals surface area (Å²) in [6.07, 6.45) is 4.85. The van der Waals surface area contributed by atoms with Crippen LogP contribution in [0, 0.1) is 5.92 Å². The second-order valence-electron chi connectivity index (χ2n) is 5.01. The van der Waals surface area contributed by atoms with Gasteiger partial charge in [0.25, 0.3) is 0 Å². The van der Waals surface area contributed by atoms with Gasteiger partial charge >= 0.3 is 0 Å². The number of aryl methyl sites for hydroxylation is 1. The van der Waals surface area contributed by atoms with Crippen LogP contribution in [0.4, 0.5) is 0 Å². The predicted octanol–water partition coefficient (Wildman–Crippen LogP) is 4.17. The highest BCUT2D eigenvalue weighted by atomic mass is 16.5. The Morgan fingerprint density at radius 1 is 1.20 bits per heavy atom. The normalized spacial score (nSPS) is 11.6. The summed E-state index contributed by atoms with van der Waals surface area (Å²) >= 11 is 0. The minimum absolute atomic E-state index is 0.471. The molecule has 0 aliphatic heterocycles. The average Bonchev–Trinajstić information content (AvgIpc) is 2.60. The third kappa shape index (κ3) is 4.50. The summed E-state index contributed by atoms with van der Waals surface area (Å²) in [5.74, 6) is 2.33. The molecule has 1 rings (SSSR count). The lowest BCUT2D eigenvalue weighted by Crippen LogP contribution is -1.89.